The molecule has 0 unspecified atom stereocenters. The van der Waals surface area contributed by atoms with Crippen LogP contribution in [0.5, 0.6) is 5.75 Å². The zero-order valence-corrected chi connectivity index (χ0v) is 16.3. The van der Waals surface area contributed by atoms with E-state index in [1.807, 2.05) is 0 Å². The zero-order chi connectivity index (χ0) is 21.0. The largest absolute Gasteiger partial charge is 0.502 e. The fourth-order valence-corrected chi connectivity index (χ4v) is 4.78. The Morgan fingerprint density at radius 1 is 1.14 bits per heavy atom. The molecule has 0 radical (unpaired) electrons. The maximum atomic E-state index is 12.6. The Balaban J connectivity index is 1.56. The Morgan fingerprint density at radius 3 is 2.41 bits per heavy atom. The summed E-state index contributed by atoms with van der Waals surface area (Å²) >= 11 is 0. The number of para-hydroxylation sites is 1. The monoisotopic (exact) mass is 419 g/mol. The first kappa shape index (κ1) is 20.7. The van der Waals surface area contributed by atoms with Crippen molar-refractivity contribution in [3.8, 4) is 5.75 Å². The van der Waals surface area contributed by atoms with Crippen LogP contribution in [0.4, 0.5) is 5.69 Å². The fourth-order valence-electron chi connectivity index (χ4n) is 3.29. The number of amides is 1. The number of carbonyl (C=O) groups excluding carboxylic acids is 1. The van der Waals surface area contributed by atoms with Gasteiger partial charge >= 0.3 is 5.69 Å². The molecule has 2 aromatic carbocycles. The second-order valence-corrected chi connectivity index (χ2v) is 8.74. The summed E-state index contributed by atoms with van der Waals surface area (Å²) in [5.74, 6) is -1.20. The SMILES string of the molecule is O=C(NCC1CCN(S(=O)(=O)c2ccccc2)CC1)c1cccc([N+](=O)[O-])c1O. The highest BCUT2D eigenvalue weighted by molar-refractivity contribution is 7.89. The van der Waals surface area contributed by atoms with Gasteiger partial charge in [0.1, 0.15) is 0 Å². The van der Waals surface area contributed by atoms with Gasteiger partial charge in [0.25, 0.3) is 5.91 Å². The van der Waals surface area contributed by atoms with E-state index in [2.05, 4.69) is 5.32 Å². The number of benzene rings is 2. The fraction of sp³-hybridized carbons (Fsp3) is 0.316. The number of nitro benzene ring substituents is 1. The van der Waals surface area contributed by atoms with Crippen molar-refractivity contribution in [3.63, 3.8) is 0 Å². The number of aromatic hydroxyl groups is 1. The first-order chi connectivity index (χ1) is 13.8. The van der Waals surface area contributed by atoms with Crippen molar-refractivity contribution in [3.05, 3.63) is 64.2 Å². The second-order valence-electron chi connectivity index (χ2n) is 6.80. The van der Waals surface area contributed by atoms with E-state index in [4.69, 9.17) is 0 Å². The van der Waals surface area contributed by atoms with Gasteiger partial charge in [-0.1, -0.05) is 24.3 Å². The van der Waals surface area contributed by atoms with E-state index in [0.29, 0.717) is 32.5 Å². The van der Waals surface area contributed by atoms with Gasteiger partial charge in [0.2, 0.25) is 15.8 Å². The van der Waals surface area contributed by atoms with Crippen molar-refractivity contribution < 1.29 is 23.2 Å². The molecule has 9 nitrogen and oxygen atoms in total. The molecule has 3 rings (SSSR count). The minimum absolute atomic E-state index is 0.0713. The van der Waals surface area contributed by atoms with Crippen molar-refractivity contribution in [1.82, 2.24) is 9.62 Å². The molecule has 10 heteroatoms. The number of nitrogens with zero attached hydrogens (tertiary/aromatic N) is 2. The van der Waals surface area contributed by atoms with E-state index < -0.39 is 32.3 Å². The number of hydrogen-bond acceptors (Lipinski definition) is 6. The predicted molar refractivity (Wildman–Crippen MR) is 105 cm³/mol. The number of phenols is 1. The molecule has 1 aliphatic heterocycles. The molecule has 1 aliphatic rings. The van der Waals surface area contributed by atoms with Crippen LogP contribution in [0.15, 0.2) is 53.4 Å². The number of carbonyl (C=O) groups is 1. The number of nitrogens with one attached hydrogen (secondary N) is 1. The number of rotatable bonds is 6. The molecule has 1 fully saturated rings. The molecule has 0 atom stereocenters. The van der Waals surface area contributed by atoms with E-state index in [9.17, 15) is 28.4 Å². The van der Waals surface area contributed by atoms with Crippen molar-refractivity contribution in [2.24, 2.45) is 5.92 Å². The number of sulfonamides is 1. The summed E-state index contributed by atoms with van der Waals surface area (Å²) in [6, 6.07) is 12.0. The first-order valence-electron chi connectivity index (χ1n) is 9.10. The summed E-state index contributed by atoms with van der Waals surface area (Å²) in [5, 5.41) is 23.5. The molecule has 0 aliphatic carbocycles. The molecule has 154 valence electrons. The summed E-state index contributed by atoms with van der Waals surface area (Å²) < 4.78 is 26.7. The molecule has 1 heterocycles. The molecule has 0 bridgehead atoms. The van der Waals surface area contributed by atoms with Crippen molar-refractivity contribution in [2.75, 3.05) is 19.6 Å². The molecule has 0 saturated carbocycles. The lowest BCUT2D eigenvalue weighted by Crippen LogP contribution is -2.41. The zero-order valence-electron chi connectivity index (χ0n) is 15.5. The summed E-state index contributed by atoms with van der Waals surface area (Å²) in [7, 11) is -3.53. The van der Waals surface area contributed by atoms with Gasteiger partial charge in [-0.2, -0.15) is 4.31 Å². The lowest BCUT2D eigenvalue weighted by Gasteiger charge is -2.31. The van der Waals surface area contributed by atoms with Gasteiger partial charge in [-0.25, -0.2) is 8.42 Å². The van der Waals surface area contributed by atoms with Crippen LogP contribution in [-0.2, 0) is 10.0 Å². The molecule has 0 aromatic heterocycles. The number of piperidine rings is 1. The topological polar surface area (TPSA) is 130 Å². The van der Waals surface area contributed by atoms with Gasteiger partial charge < -0.3 is 10.4 Å². The van der Waals surface area contributed by atoms with Crippen LogP contribution in [0.1, 0.15) is 23.2 Å². The van der Waals surface area contributed by atoms with Crippen molar-refractivity contribution in [2.45, 2.75) is 17.7 Å². The summed E-state index contributed by atoms with van der Waals surface area (Å²) in [6.45, 7) is 0.986. The Morgan fingerprint density at radius 2 is 1.79 bits per heavy atom. The highest BCUT2D eigenvalue weighted by Crippen LogP contribution is 2.29. The normalized spacial score (nSPS) is 15.7. The van der Waals surface area contributed by atoms with E-state index in [-0.39, 0.29) is 16.4 Å². The molecule has 1 saturated heterocycles. The molecule has 2 N–H and O–H groups in total. The maximum Gasteiger partial charge on any atom is 0.311 e. The van der Waals surface area contributed by atoms with Gasteiger partial charge in [0, 0.05) is 25.7 Å². The standard InChI is InChI=1S/C19H21N3O6S/c23-18-16(7-4-8-17(18)22(25)26)19(24)20-13-14-9-11-21(12-10-14)29(27,28)15-5-2-1-3-6-15/h1-8,14,23H,9-13H2,(H,20,24). The highest BCUT2D eigenvalue weighted by atomic mass is 32.2. The third-order valence-electron chi connectivity index (χ3n) is 4.96. The summed E-state index contributed by atoms with van der Waals surface area (Å²) in [6.07, 6.45) is 1.15. The molecular weight excluding hydrogens is 398 g/mol. The lowest BCUT2D eigenvalue weighted by atomic mass is 9.98. The third-order valence-corrected chi connectivity index (χ3v) is 6.87. The summed E-state index contributed by atoms with van der Waals surface area (Å²) in [4.78, 5) is 22.7. The summed E-state index contributed by atoms with van der Waals surface area (Å²) in [5.41, 5.74) is -0.694. The predicted octanol–water partition coefficient (Wildman–Crippen LogP) is 2.13. The maximum absolute atomic E-state index is 12.6. The third kappa shape index (κ3) is 4.54. The van der Waals surface area contributed by atoms with Gasteiger partial charge in [0.05, 0.1) is 15.4 Å². The van der Waals surface area contributed by atoms with Gasteiger partial charge in [-0.15, -0.1) is 0 Å². The van der Waals surface area contributed by atoms with E-state index in [1.54, 1.807) is 30.3 Å². The Bertz CT molecular complexity index is 1000. The van der Waals surface area contributed by atoms with Crippen LogP contribution in [0, 0.1) is 16.0 Å². The molecule has 2 aromatic rings. The number of nitro groups is 1. The second kappa shape index (κ2) is 8.58. The van der Waals surface area contributed by atoms with E-state index in [1.165, 1.54) is 16.4 Å². The van der Waals surface area contributed by atoms with Crippen LogP contribution < -0.4 is 5.32 Å². The Kier molecular flexibility index (Phi) is 6.14. The Hall–Kier alpha value is -2.98. The number of hydrogen-bond donors (Lipinski definition) is 2. The molecule has 29 heavy (non-hydrogen) atoms. The first-order valence-corrected chi connectivity index (χ1v) is 10.5. The Labute approximate surface area is 168 Å². The van der Waals surface area contributed by atoms with Gasteiger partial charge in [0.15, 0.2) is 0 Å². The highest BCUT2D eigenvalue weighted by Gasteiger charge is 2.29. The lowest BCUT2D eigenvalue weighted by molar-refractivity contribution is -0.385. The molecule has 1 amide bonds. The smallest absolute Gasteiger partial charge is 0.311 e. The van der Waals surface area contributed by atoms with Crippen LogP contribution in [0.2, 0.25) is 0 Å². The quantitative estimate of drug-likeness (QED) is 0.545. The molecule has 0 spiro atoms. The van der Waals surface area contributed by atoms with Crippen molar-refractivity contribution in [1.29, 1.82) is 0 Å². The van der Waals surface area contributed by atoms with Crippen molar-refractivity contribution >= 4 is 21.6 Å². The molecular formula is C19H21N3O6S. The van der Waals surface area contributed by atoms with E-state index >= 15 is 0 Å². The van der Waals surface area contributed by atoms with Gasteiger partial charge in [-0.05, 0) is 37.0 Å². The average Bonchev–Trinajstić information content (AvgIpc) is 2.73. The minimum Gasteiger partial charge on any atom is -0.502 e. The minimum atomic E-state index is -3.53. The van der Waals surface area contributed by atoms with Crippen LogP contribution in [-0.4, -0.2) is 48.3 Å². The average molecular weight is 419 g/mol. The number of phenolic OH excluding ortho intramolecular Hbond substituents is 1. The van der Waals surface area contributed by atoms with Crippen LogP contribution in [0.3, 0.4) is 0 Å². The van der Waals surface area contributed by atoms with Crippen LogP contribution in [0.25, 0.3) is 0 Å². The van der Waals surface area contributed by atoms with Crippen LogP contribution >= 0.6 is 0 Å². The van der Waals surface area contributed by atoms with E-state index in [0.717, 1.165) is 6.07 Å². The van der Waals surface area contributed by atoms with Gasteiger partial charge in [-0.3, -0.25) is 14.9 Å².